The average Bonchev–Trinajstić information content (AvgIpc) is 2.75. The van der Waals surface area contributed by atoms with Crippen molar-refractivity contribution >= 4 is 45.1 Å². The third-order valence-corrected chi connectivity index (χ3v) is 3.54. The molecule has 0 fully saturated rings. The zero-order chi connectivity index (χ0) is 11.8. The third kappa shape index (κ3) is 1.70. The second-order valence-corrected chi connectivity index (χ2v) is 4.53. The first kappa shape index (κ1) is 10.9. The molecule has 0 amide bonds. The maximum Gasteiger partial charge on any atom is 0.139 e. The van der Waals surface area contributed by atoms with E-state index in [1.54, 1.807) is 0 Å². The lowest BCUT2D eigenvalue weighted by Gasteiger charge is -1.95. The van der Waals surface area contributed by atoms with E-state index in [-0.39, 0.29) is 0 Å². The molecule has 17 heavy (non-hydrogen) atoms. The van der Waals surface area contributed by atoms with E-state index in [4.69, 9.17) is 27.6 Å². The Morgan fingerprint density at radius 3 is 2.59 bits per heavy atom. The van der Waals surface area contributed by atoms with Crippen molar-refractivity contribution < 1.29 is 4.42 Å². The average molecular weight is 265 g/mol. The number of halogens is 2. The standard InChI is InChI=1S/C14H10Cl2O/c15-7-9-4-5-11-12-3-1-2-10(8-16)14(12)17-13(11)6-9/h1-6H,7-8H2. The van der Waals surface area contributed by atoms with Crippen molar-refractivity contribution in [2.24, 2.45) is 0 Å². The third-order valence-electron chi connectivity index (χ3n) is 2.94. The number of furan rings is 1. The molecule has 0 saturated heterocycles. The van der Waals surface area contributed by atoms with Gasteiger partial charge >= 0.3 is 0 Å². The van der Waals surface area contributed by atoms with Crippen LogP contribution in [0.5, 0.6) is 0 Å². The van der Waals surface area contributed by atoms with Crippen molar-refractivity contribution in [3.05, 3.63) is 47.5 Å². The Balaban J connectivity index is 2.40. The SMILES string of the molecule is ClCc1ccc2c(c1)oc1c(CCl)cccc12. The minimum atomic E-state index is 0.458. The number of rotatable bonds is 2. The summed E-state index contributed by atoms with van der Waals surface area (Å²) in [5.74, 6) is 0.953. The van der Waals surface area contributed by atoms with E-state index < -0.39 is 0 Å². The highest BCUT2D eigenvalue weighted by molar-refractivity contribution is 6.18. The summed E-state index contributed by atoms with van der Waals surface area (Å²) in [7, 11) is 0. The Morgan fingerprint density at radius 1 is 0.941 bits per heavy atom. The molecule has 3 aromatic rings. The molecule has 0 radical (unpaired) electrons. The molecule has 86 valence electrons. The summed E-state index contributed by atoms with van der Waals surface area (Å²) >= 11 is 11.7. The van der Waals surface area contributed by atoms with Crippen LogP contribution in [0.2, 0.25) is 0 Å². The molecular formula is C14H10Cl2O. The molecule has 0 aliphatic carbocycles. The molecule has 0 N–H and O–H groups in total. The van der Waals surface area contributed by atoms with Gasteiger partial charge in [-0.25, -0.2) is 0 Å². The van der Waals surface area contributed by atoms with Crippen LogP contribution in [0.15, 0.2) is 40.8 Å². The van der Waals surface area contributed by atoms with Crippen LogP contribution in [0.25, 0.3) is 21.9 Å². The molecule has 0 atom stereocenters. The molecule has 1 aromatic heterocycles. The fourth-order valence-electron chi connectivity index (χ4n) is 2.09. The number of para-hydroxylation sites is 1. The second kappa shape index (κ2) is 4.25. The quantitative estimate of drug-likeness (QED) is 0.590. The molecule has 2 aromatic carbocycles. The zero-order valence-electron chi connectivity index (χ0n) is 9.04. The van der Waals surface area contributed by atoms with Crippen molar-refractivity contribution in [2.45, 2.75) is 11.8 Å². The zero-order valence-corrected chi connectivity index (χ0v) is 10.6. The summed E-state index contributed by atoms with van der Waals surface area (Å²) in [6.45, 7) is 0. The lowest BCUT2D eigenvalue weighted by Crippen LogP contribution is -1.77. The summed E-state index contributed by atoms with van der Waals surface area (Å²) in [4.78, 5) is 0. The van der Waals surface area contributed by atoms with E-state index in [9.17, 15) is 0 Å². The van der Waals surface area contributed by atoms with E-state index in [1.807, 2.05) is 24.3 Å². The van der Waals surface area contributed by atoms with Gasteiger partial charge in [0, 0.05) is 22.2 Å². The Morgan fingerprint density at radius 2 is 1.82 bits per heavy atom. The minimum Gasteiger partial charge on any atom is -0.456 e. The Kier molecular flexibility index (Phi) is 2.73. The van der Waals surface area contributed by atoms with E-state index in [0.717, 1.165) is 33.1 Å². The molecule has 3 rings (SSSR count). The van der Waals surface area contributed by atoms with Gasteiger partial charge in [-0.3, -0.25) is 0 Å². The van der Waals surface area contributed by atoms with Gasteiger partial charge in [-0.1, -0.05) is 30.3 Å². The molecule has 0 bridgehead atoms. The van der Waals surface area contributed by atoms with Crippen LogP contribution in [0.4, 0.5) is 0 Å². The smallest absolute Gasteiger partial charge is 0.139 e. The lowest BCUT2D eigenvalue weighted by molar-refractivity contribution is 0.665. The first-order valence-electron chi connectivity index (χ1n) is 5.38. The molecule has 3 heteroatoms. The number of hydrogen-bond donors (Lipinski definition) is 0. The molecule has 0 unspecified atom stereocenters. The van der Waals surface area contributed by atoms with Gasteiger partial charge in [0.1, 0.15) is 11.2 Å². The van der Waals surface area contributed by atoms with Gasteiger partial charge in [0.05, 0.1) is 5.88 Å². The van der Waals surface area contributed by atoms with Gasteiger partial charge in [0.15, 0.2) is 0 Å². The monoisotopic (exact) mass is 264 g/mol. The van der Waals surface area contributed by atoms with Gasteiger partial charge in [0.25, 0.3) is 0 Å². The summed E-state index contributed by atoms with van der Waals surface area (Å²) in [5, 5.41) is 2.22. The number of alkyl halides is 2. The Hall–Kier alpha value is -1.18. The van der Waals surface area contributed by atoms with Crippen LogP contribution in [-0.2, 0) is 11.8 Å². The van der Waals surface area contributed by atoms with Crippen LogP contribution in [0.1, 0.15) is 11.1 Å². The van der Waals surface area contributed by atoms with E-state index >= 15 is 0 Å². The fourth-order valence-corrected chi connectivity index (χ4v) is 2.47. The maximum absolute atomic E-state index is 5.91. The molecule has 1 heterocycles. The Labute approximate surface area is 109 Å². The summed E-state index contributed by atoms with van der Waals surface area (Å²) in [6.07, 6.45) is 0. The van der Waals surface area contributed by atoms with Crippen molar-refractivity contribution in [3.8, 4) is 0 Å². The Bertz CT molecular complexity index is 685. The van der Waals surface area contributed by atoms with Crippen LogP contribution in [0.3, 0.4) is 0 Å². The highest BCUT2D eigenvalue weighted by atomic mass is 35.5. The maximum atomic E-state index is 5.91. The molecule has 1 nitrogen and oxygen atoms in total. The summed E-state index contributed by atoms with van der Waals surface area (Å²) in [6, 6.07) is 12.1. The van der Waals surface area contributed by atoms with Crippen molar-refractivity contribution in [2.75, 3.05) is 0 Å². The number of hydrogen-bond acceptors (Lipinski definition) is 1. The van der Waals surface area contributed by atoms with E-state index in [0.29, 0.717) is 11.8 Å². The van der Waals surface area contributed by atoms with Crippen molar-refractivity contribution in [1.82, 2.24) is 0 Å². The van der Waals surface area contributed by atoms with Crippen LogP contribution >= 0.6 is 23.2 Å². The van der Waals surface area contributed by atoms with Gasteiger partial charge in [0.2, 0.25) is 0 Å². The second-order valence-electron chi connectivity index (χ2n) is 3.99. The first-order valence-corrected chi connectivity index (χ1v) is 6.45. The van der Waals surface area contributed by atoms with Crippen molar-refractivity contribution in [3.63, 3.8) is 0 Å². The molecule has 0 aliphatic rings. The lowest BCUT2D eigenvalue weighted by atomic mass is 10.1. The largest absolute Gasteiger partial charge is 0.456 e. The highest BCUT2D eigenvalue weighted by Crippen LogP contribution is 2.32. The first-order chi connectivity index (χ1) is 8.33. The fraction of sp³-hybridized carbons (Fsp3) is 0.143. The predicted octanol–water partition coefficient (Wildman–Crippen LogP) is 5.06. The predicted molar refractivity (Wildman–Crippen MR) is 72.8 cm³/mol. The summed E-state index contributed by atoms with van der Waals surface area (Å²) < 4.78 is 5.87. The number of fused-ring (bicyclic) bond motifs is 3. The summed E-state index contributed by atoms with van der Waals surface area (Å²) in [5.41, 5.74) is 3.83. The molecule has 0 saturated carbocycles. The highest BCUT2D eigenvalue weighted by Gasteiger charge is 2.10. The van der Waals surface area contributed by atoms with Gasteiger partial charge in [-0.2, -0.15) is 0 Å². The minimum absolute atomic E-state index is 0.458. The van der Waals surface area contributed by atoms with E-state index in [1.165, 1.54) is 0 Å². The molecular weight excluding hydrogens is 255 g/mol. The van der Waals surface area contributed by atoms with Gasteiger partial charge in [-0.15, -0.1) is 23.2 Å². The van der Waals surface area contributed by atoms with Crippen LogP contribution in [0, 0.1) is 0 Å². The topological polar surface area (TPSA) is 13.1 Å². The molecule has 0 spiro atoms. The molecule has 0 aliphatic heterocycles. The van der Waals surface area contributed by atoms with Gasteiger partial charge in [-0.05, 0) is 11.6 Å². The van der Waals surface area contributed by atoms with Crippen molar-refractivity contribution in [1.29, 1.82) is 0 Å². The van der Waals surface area contributed by atoms with Crippen LogP contribution in [-0.4, -0.2) is 0 Å². The van der Waals surface area contributed by atoms with Gasteiger partial charge < -0.3 is 4.42 Å². The van der Waals surface area contributed by atoms with Crippen LogP contribution < -0.4 is 0 Å². The van der Waals surface area contributed by atoms with E-state index in [2.05, 4.69) is 12.1 Å². The number of benzene rings is 2. The normalized spacial score (nSPS) is 11.4.